The molecule has 2 aromatic carbocycles. The number of aryl methyl sites for hydroxylation is 1. The van der Waals surface area contributed by atoms with Crippen molar-refractivity contribution >= 4 is 29.3 Å². The van der Waals surface area contributed by atoms with Gasteiger partial charge in [-0.1, -0.05) is 43.3 Å². The van der Waals surface area contributed by atoms with E-state index in [4.69, 9.17) is 0 Å². The zero-order chi connectivity index (χ0) is 23.7. The van der Waals surface area contributed by atoms with Crippen molar-refractivity contribution in [1.29, 1.82) is 0 Å². The number of carbonyl (C=O) groups excluding carboxylic acids is 2. The number of nitro groups is 1. The monoisotopic (exact) mass is 457 g/mol. The third kappa shape index (κ3) is 7.37. The number of amides is 2. The second-order valence-corrected chi connectivity index (χ2v) is 8.94. The summed E-state index contributed by atoms with van der Waals surface area (Å²) in [7, 11) is 0. The molecule has 32 heavy (non-hydrogen) atoms. The molecular weight excluding hydrogens is 426 g/mol. The average molecular weight is 458 g/mol. The van der Waals surface area contributed by atoms with Crippen molar-refractivity contribution in [3.8, 4) is 0 Å². The maximum Gasteiger partial charge on any atom is 0.269 e. The van der Waals surface area contributed by atoms with E-state index in [1.165, 1.54) is 23.9 Å². The Labute approximate surface area is 193 Å². The number of thioether (sulfide) groups is 1. The second-order valence-electron chi connectivity index (χ2n) is 7.95. The van der Waals surface area contributed by atoms with Crippen LogP contribution in [0.25, 0.3) is 0 Å². The molecule has 0 fully saturated rings. The van der Waals surface area contributed by atoms with Crippen LogP contribution in [0.2, 0.25) is 0 Å². The van der Waals surface area contributed by atoms with Crippen molar-refractivity contribution in [3.05, 3.63) is 75.3 Å². The zero-order valence-corrected chi connectivity index (χ0v) is 19.9. The van der Waals surface area contributed by atoms with Crippen LogP contribution < -0.4 is 5.32 Å². The molecule has 0 aromatic heterocycles. The first-order chi connectivity index (χ1) is 15.2. The number of hydrogen-bond acceptors (Lipinski definition) is 5. The lowest BCUT2D eigenvalue weighted by molar-refractivity contribution is -0.384. The van der Waals surface area contributed by atoms with Gasteiger partial charge in [-0.15, -0.1) is 11.8 Å². The number of nitro benzene ring substituents is 1. The fourth-order valence-electron chi connectivity index (χ4n) is 3.32. The number of nitrogens with zero attached hydrogens (tertiary/aromatic N) is 2. The lowest BCUT2D eigenvalue weighted by Gasteiger charge is -2.31. The molecular formula is C24H31N3O4S. The first kappa shape index (κ1) is 25.4. The van der Waals surface area contributed by atoms with Gasteiger partial charge in [-0.05, 0) is 43.9 Å². The normalized spacial score (nSPS) is 11.8. The van der Waals surface area contributed by atoms with E-state index in [1.807, 2.05) is 52.0 Å². The Kier molecular flexibility index (Phi) is 9.71. The number of non-ortho nitro benzene ring substituents is 1. The van der Waals surface area contributed by atoms with E-state index in [0.29, 0.717) is 18.7 Å². The summed E-state index contributed by atoms with van der Waals surface area (Å²) in [5.74, 6) is 0.515. The minimum absolute atomic E-state index is 0.0107. The molecule has 0 aliphatic carbocycles. The summed E-state index contributed by atoms with van der Waals surface area (Å²) in [5, 5.41) is 13.7. The van der Waals surface area contributed by atoms with Crippen molar-refractivity contribution in [1.82, 2.24) is 10.2 Å². The number of hydrogen-bond donors (Lipinski definition) is 1. The summed E-state index contributed by atoms with van der Waals surface area (Å²) in [4.78, 5) is 38.1. The van der Waals surface area contributed by atoms with Crippen LogP contribution in [0.15, 0.2) is 48.5 Å². The Morgan fingerprint density at radius 2 is 1.78 bits per heavy atom. The van der Waals surface area contributed by atoms with Crippen molar-refractivity contribution in [2.24, 2.45) is 0 Å². The third-order valence-electron chi connectivity index (χ3n) is 5.06. The van der Waals surface area contributed by atoms with Gasteiger partial charge in [0.15, 0.2) is 0 Å². The number of rotatable bonds is 11. The SMILES string of the molecule is CC[C@@H](C(=O)NC(C)C)N(Cc1ccccc1C)C(=O)CSCc1ccc([N+](=O)[O-])cc1. The van der Waals surface area contributed by atoms with Gasteiger partial charge < -0.3 is 10.2 Å². The summed E-state index contributed by atoms with van der Waals surface area (Å²) in [5.41, 5.74) is 3.03. The van der Waals surface area contributed by atoms with Gasteiger partial charge in [0.25, 0.3) is 5.69 Å². The fraction of sp³-hybridized carbons (Fsp3) is 0.417. The molecule has 0 heterocycles. The molecule has 0 saturated heterocycles. The summed E-state index contributed by atoms with van der Waals surface area (Å²) in [6.07, 6.45) is 0.517. The predicted octanol–water partition coefficient (Wildman–Crippen LogP) is 4.47. The van der Waals surface area contributed by atoms with E-state index >= 15 is 0 Å². The average Bonchev–Trinajstić information content (AvgIpc) is 2.74. The Balaban J connectivity index is 2.12. The standard InChI is InChI=1S/C24H31N3O4S/c1-5-22(24(29)25-17(2)3)26(14-20-9-7-6-8-18(20)4)23(28)16-32-15-19-10-12-21(13-11-19)27(30)31/h6-13,17,22H,5,14-16H2,1-4H3,(H,25,29)/t22-/m0/s1. The topological polar surface area (TPSA) is 92.6 Å². The highest BCUT2D eigenvalue weighted by Gasteiger charge is 2.29. The van der Waals surface area contributed by atoms with Gasteiger partial charge in [-0.25, -0.2) is 0 Å². The smallest absolute Gasteiger partial charge is 0.269 e. The minimum Gasteiger partial charge on any atom is -0.352 e. The summed E-state index contributed by atoms with van der Waals surface area (Å²) in [6.45, 7) is 8.08. The Bertz CT molecular complexity index is 931. The van der Waals surface area contributed by atoms with Gasteiger partial charge in [-0.3, -0.25) is 19.7 Å². The molecule has 0 saturated carbocycles. The van der Waals surface area contributed by atoms with Gasteiger partial charge in [0, 0.05) is 30.5 Å². The molecule has 8 heteroatoms. The van der Waals surface area contributed by atoms with Crippen LogP contribution in [-0.4, -0.2) is 39.5 Å². The molecule has 2 amide bonds. The highest BCUT2D eigenvalue weighted by atomic mass is 32.2. The molecule has 0 unspecified atom stereocenters. The van der Waals surface area contributed by atoms with Crippen LogP contribution in [-0.2, 0) is 21.9 Å². The minimum atomic E-state index is -0.551. The van der Waals surface area contributed by atoms with Gasteiger partial charge in [0.05, 0.1) is 10.7 Å². The Morgan fingerprint density at radius 3 is 2.34 bits per heavy atom. The van der Waals surface area contributed by atoms with Crippen molar-refractivity contribution in [2.75, 3.05) is 5.75 Å². The number of carbonyl (C=O) groups is 2. The van der Waals surface area contributed by atoms with Crippen molar-refractivity contribution < 1.29 is 14.5 Å². The molecule has 0 radical (unpaired) electrons. The summed E-state index contributed by atoms with van der Waals surface area (Å²) >= 11 is 1.43. The summed E-state index contributed by atoms with van der Waals surface area (Å²) in [6, 6.07) is 13.6. The predicted molar refractivity (Wildman–Crippen MR) is 128 cm³/mol. The highest BCUT2D eigenvalue weighted by Crippen LogP contribution is 2.20. The van der Waals surface area contributed by atoms with E-state index in [1.54, 1.807) is 17.0 Å². The van der Waals surface area contributed by atoms with E-state index in [9.17, 15) is 19.7 Å². The summed E-state index contributed by atoms with van der Waals surface area (Å²) < 4.78 is 0. The van der Waals surface area contributed by atoms with E-state index in [2.05, 4.69) is 5.32 Å². The molecule has 0 spiro atoms. The Hall–Kier alpha value is -2.87. The first-order valence-corrected chi connectivity index (χ1v) is 11.8. The largest absolute Gasteiger partial charge is 0.352 e. The molecule has 1 N–H and O–H groups in total. The van der Waals surface area contributed by atoms with E-state index < -0.39 is 11.0 Å². The van der Waals surface area contributed by atoms with Crippen LogP contribution in [0.3, 0.4) is 0 Å². The lowest BCUT2D eigenvalue weighted by atomic mass is 10.1. The quantitative estimate of drug-likeness (QED) is 0.397. The van der Waals surface area contributed by atoms with E-state index in [-0.39, 0.29) is 29.3 Å². The molecule has 2 rings (SSSR count). The number of nitrogens with one attached hydrogen (secondary N) is 1. The van der Waals surface area contributed by atoms with Gasteiger partial charge in [0.1, 0.15) is 6.04 Å². The lowest BCUT2D eigenvalue weighted by Crippen LogP contribution is -2.51. The number of benzene rings is 2. The Morgan fingerprint density at radius 1 is 1.12 bits per heavy atom. The van der Waals surface area contributed by atoms with Crippen molar-refractivity contribution in [3.63, 3.8) is 0 Å². The van der Waals surface area contributed by atoms with Gasteiger partial charge in [0.2, 0.25) is 11.8 Å². The van der Waals surface area contributed by atoms with Crippen LogP contribution in [0.4, 0.5) is 5.69 Å². The van der Waals surface area contributed by atoms with Crippen LogP contribution in [0, 0.1) is 17.0 Å². The maximum absolute atomic E-state index is 13.2. The molecule has 7 nitrogen and oxygen atoms in total. The molecule has 2 aromatic rings. The highest BCUT2D eigenvalue weighted by molar-refractivity contribution is 7.99. The fourth-order valence-corrected chi connectivity index (χ4v) is 4.19. The zero-order valence-electron chi connectivity index (χ0n) is 19.0. The van der Waals surface area contributed by atoms with E-state index in [0.717, 1.165) is 16.7 Å². The molecule has 0 bridgehead atoms. The van der Waals surface area contributed by atoms with Crippen LogP contribution >= 0.6 is 11.8 Å². The maximum atomic E-state index is 13.2. The molecule has 0 aliphatic rings. The van der Waals surface area contributed by atoms with Crippen LogP contribution in [0.1, 0.15) is 43.9 Å². The molecule has 0 aliphatic heterocycles. The van der Waals surface area contributed by atoms with Gasteiger partial charge in [-0.2, -0.15) is 0 Å². The molecule has 1 atom stereocenters. The van der Waals surface area contributed by atoms with Crippen molar-refractivity contribution in [2.45, 2.75) is 58.5 Å². The third-order valence-corrected chi connectivity index (χ3v) is 6.05. The second kappa shape index (κ2) is 12.2. The van der Waals surface area contributed by atoms with Crippen LogP contribution in [0.5, 0.6) is 0 Å². The van der Waals surface area contributed by atoms with Gasteiger partial charge >= 0.3 is 0 Å². The first-order valence-electron chi connectivity index (χ1n) is 10.7. The molecule has 172 valence electrons.